The van der Waals surface area contributed by atoms with Crippen LogP contribution < -0.4 is 21.5 Å². The molecule has 146 valence electrons. The molecule has 2 aromatic heterocycles. The third-order valence-corrected chi connectivity index (χ3v) is 4.96. The van der Waals surface area contributed by atoms with Gasteiger partial charge in [0.2, 0.25) is 0 Å². The fraction of sp³-hybridized carbons (Fsp3) is 0.350. The first-order chi connectivity index (χ1) is 13.7. The molecule has 4 rings (SSSR count). The Hall–Kier alpha value is -2.97. The van der Waals surface area contributed by atoms with Gasteiger partial charge in [-0.1, -0.05) is 0 Å². The molecule has 1 aromatic carbocycles. The van der Waals surface area contributed by atoms with Crippen molar-refractivity contribution in [2.24, 2.45) is 0 Å². The van der Waals surface area contributed by atoms with Crippen molar-refractivity contribution in [1.82, 2.24) is 9.88 Å². The maximum atomic E-state index is 12.1. The number of furan rings is 1. The summed E-state index contributed by atoms with van der Waals surface area (Å²) in [4.78, 5) is 30.3. The summed E-state index contributed by atoms with van der Waals surface area (Å²) in [5.41, 5.74) is 0.677. The Morgan fingerprint density at radius 1 is 1.04 bits per heavy atom. The number of anilines is 2. The summed E-state index contributed by atoms with van der Waals surface area (Å²) in [7, 11) is 0. The Morgan fingerprint density at radius 3 is 2.43 bits per heavy atom. The number of rotatable bonds is 8. The van der Waals surface area contributed by atoms with E-state index >= 15 is 0 Å². The Balaban J connectivity index is 1.45. The first-order valence-electron chi connectivity index (χ1n) is 9.29. The molecule has 3 aromatic rings. The van der Waals surface area contributed by atoms with E-state index in [2.05, 4.69) is 20.5 Å². The second-order valence-corrected chi connectivity index (χ2v) is 6.68. The van der Waals surface area contributed by atoms with Gasteiger partial charge in [-0.2, -0.15) is 0 Å². The van der Waals surface area contributed by atoms with E-state index in [1.165, 1.54) is 0 Å². The predicted molar refractivity (Wildman–Crippen MR) is 105 cm³/mol. The van der Waals surface area contributed by atoms with E-state index in [1.54, 1.807) is 18.7 Å². The highest BCUT2D eigenvalue weighted by Gasteiger charge is 2.27. The van der Waals surface area contributed by atoms with Gasteiger partial charge in [-0.3, -0.25) is 19.5 Å². The summed E-state index contributed by atoms with van der Waals surface area (Å²) in [6, 6.07) is 7.44. The molecule has 0 saturated carbocycles. The van der Waals surface area contributed by atoms with Gasteiger partial charge in [0, 0.05) is 38.6 Å². The fourth-order valence-corrected chi connectivity index (χ4v) is 3.40. The average molecular weight is 382 g/mol. The van der Waals surface area contributed by atoms with Crippen LogP contribution in [0.1, 0.15) is 17.4 Å². The van der Waals surface area contributed by atoms with E-state index in [4.69, 9.17) is 9.15 Å². The number of hydrogen-bond acceptors (Lipinski definition) is 8. The average Bonchev–Trinajstić information content (AvgIpc) is 3.28. The van der Waals surface area contributed by atoms with Crippen LogP contribution in [0.15, 0.2) is 56.9 Å². The largest absolute Gasteiger partial charge is 0.468 e. The Bertz CT molecular complexity index is 958. The van der Waals surface area contributed by atoms with Crippen LogP contribution in [0.25, 0.3) is 0 Å². The highest BCUT2D eigenvalue weighted by molar-refractivity contribution is 5.74. The lowest BCUT2D eigenvalue weighted by Crippen LogP contribution is -2.43. The van der Waals surface area contributed by atoms with Gasteiger partial charge < -0.3 is 19.8 Å². The predicted octanol–water partition coefficient (Wildman–Crippen LogP) is 1.37. The molecule has 1 fully saturated rings. The number of pyridine rings is 1. The first kappa shape index (κ1) is 18.4. The molecule has 28 heavy (non-hydrogen) atoms. The summed E-state index contributed by atoms with van der Waals surface area (Å²) in [5, 5.41) is 6.23. The quantitative estimate of drug-likeness (QED) is 0.564. The smallest absolute Gasteiger partial charge is 0.253 e. The molecule has 2 N–H and O–H groups in total. The van der Waals surface area contributed by atoms with Crippen LogP contribution >= 0.6 is 0 Å². The minimum atomic E-state index is -0.489. The van der Waals surface area contributed by atoms with Crippen LogP contribution in [0.3, 0.4) is 0 Å². The van der Waals surface area contributed by atoms with Gasteiger partial charge in [0.1, 0.15) is 17.1 Å². The molecule has 1 saturated heterocycles. The van der Waals surface area contributed by atoms with Gasteiger partial charge in [0.15, 0.2) is 0 Å². The van der Waals surface area contributed by atoms with Crippen LogP contribution in [-0.2, 0) is 11.3 Å². The second kappa shape index (κ2) is 8.37. The van der Waals surface area contributed by atoms with Crippen molar-refractivity contribution in [3.05, 3.63) is 74.7 Å². The van der Waals surface area contributed by atoms with Gasteiger partial charge in [-0.25, -0.2) is 0 Å². The van der Waals surface area contributed by atoms with Gasteiger partial charge >= 0.3 is 0 Å². The molecule has 0 unspecified atom stereocenters. The number of morpholine rings is 1. The van der Waals surface area contributed by atoms with E-state index in [0.717, 1.165) is 24.4 Å². The minimum Gasteiger partial charge on any atom is -0.468 e. The summed E-state index contributed by atoms with van der Waals surface area (Å²) >= 11 is 0. The van der Waals surface area contributed by atoms with Crippen LogP contribution in [0.2, 0.25) is 0 Å². The van der Waals surface area contributed by atoms with Crippen molar-refractivity contribution in [2.75, 3.05) is 43.5 Å². The Kier molecular flexibility index (Phi) is 5.50. The monoisotopic (exact) mass is 382 g/mol. The third-order valence-electron chi connectivity index (χ3n) is 4.96. The van der Waals surface area contributed by atoms with E-state index in [-0.39, 0.29) is 6.04 Å². The molecule has 0 bridgehead atoms. The molecular weight excluding hydrogens is 360 g/mol. The number of nitrogens with zero attached hydrogens (tertiary/aromatic N) is 2. The van der Waals surface area contributed by atoms with Gasteiger partial charge in [0.25, 0.3) is 10.9 Å². The standard InChI is InChI=1S/C20H22N4O4/c25-19-17(22-12-14-3-5-21-6-4-14)18(20(19)26)23-13-15(16-2-1-9-28-16)24-7-10-27-11-8-24/h1-6,9,15,22-23H,7-8,10-13H2/t15-/m1/s1. The van der Waals surface area contributed by atoms with Gasteiger partial charge in [-0.05, 0) is 29.8 Å². The number of hydrogen-bond donors (Lipinski definition) is 2. The normalized spacial score (nSPS) is 16.1. The van der Waals surface area contributed by atoms with E-state index in [1.807, 2.05) is 24.3 Å². The summed E-state index contributed by atoms with van der Waals surface area (Å²) in [6.45, 7) is 3.81. The molecule has 0 aliphatic carbocycles. The molecule has 3 heterocycles. The molecule has 1 aliphatic rings. The molecule has 1 atom stereocenters. The maximum absolute atomic E-state index is 12.1. The van der Waals surface area contributed by atoms with Crippen LogP contribution in [0.5, 0.6) is 0 Å². The van der Waals surface area contributed by atoms with Gasteiger partial charge in [-0.15, -0.1) is 0 Å². The highest BCUT2D eigenvalue weighted by atomic mass is 16.5. The van der Waals surface area contributed by atoms with Crippen molar-refractivity contribution >= 4 is 11.4 Å². The topological polar surface area (TPSA) is 96.7 Å². The lowest BCUT2D eigenvalue weighted by Gasteiger charge is -2.33. The number of nitrogens with one attached hydrogen (secondary N) is 2. The molecule has 8 heteroatoms. The lowest BCUT2D eigenvalue weighted by atomic mass is 10.1. The van der Waals surface area contributed by atoms with E-state index in [0.29, 0.717) is 37.7 Å². The van der Waals surface area contributed by atoms with E-state index < -0.39 is 10.9 Å². The van der Waals surface area contributed by atoms with Crippen LogP contribution in [-0.4, -0.2) is 42.7 Å². The molecule has 8 nitrogen and oxygen atoms in total. The molecule has 1 aliphatic heterocycles. The maximum Gasteiger partial charge on any atom is 0.253 e. The van der Waals surface area contributed by atoms with Gasteiger partial charge in [0.05, 0.1) is 25.5 Å². The van der Waals surface area contributed by atoms with Crippen molar-refractivity contribution in [1.29, 1.82) is 0 Å². The van der Waals surface area contributed by atoms with Crippen molar-refractivity contribution < 1.29 is 9.15 Å². The van der Waals surface area contributed by atoms with Crippen molar-refractivity contribution in [3.8, 4) is 0 Å². The lowest BCUT2D eigenvalue weighted by molar-refractivity contribution is 0.0144. The SMILES string of the molecule is O=c1c(NCc2ccncc2)c(NC[C@H](c2ccco2)N2CCOCC2)c1=O. The zero-order valence-electron chi connectivity index (χ0n) is 15.4. The minimum absolute atomic E-state index is 0.0450. The zero-order valence-corrected chi connectivity index (χ0v) is 15.4. The molecule has 0 spiro atoms. The van der Waals surface area contributed by atoms with Crippen LogP contribution in [0, 0.1) is 0 Å². The number of aromatic nitrogens is 1. The Morgan fingerprint density at radius 2 is 1.75 bits per heavy atom. The molecular formula is C20H22N4O4. The first-order valence-corrected chi connectivity index (χ1v) is 9.29. The highest BCUT2D eigenvalue weighted by Crippen LogP contribution is 2.24. The fourth-order valence-electron chi connectivity index (χ4n) is 3.40. The van der Waals surface area contributed by atoms with Crippen molar-refractivity contribution in [3.63, 3.8) is 0 Å². The Labute approximate surface area is 161 Å². The summed E-state index contributed by atoms with van der Waals surface area (Å²) in [5.74, 6) is 0.819. The summed E-state index contributed by atoms with van der Waals surface area (Å²) in [6.07, 6.45) is 5.02. The zero-order chi connectivity index (χ0) is 19.3. The second-order valence-electron chi connectivity index (χ2n) is 6.68. The van der Waals surface area contributed by atoms with Crippen LogP contribution in [0.4, 0.5) is 11.4 Å². The number of ether oxygens (including phenoxy) is 1. The summed E-state index contributed by atoms with van der Waals surface area (Å²) < 4.78 is 11.0. The third kappa shape index (κ3) is 3.83. The molecule has 0 amide bonds. The van der Waals surface area contributed by atoms with Crippen molar-refractivity contribution in [2.45, 2.75) is 12.6 Å². The van der Waals surface area contributed by atoms with E-state index in [9.17, 15) is 9.59 Å². The molecule has 0 radical (unpaired) electrons.